The molecule has 0 fully saturated rings. The lowest BCUT2D eigenvalue weighted by atomic mass is 10.1. The quantitative estimate of drug-likeness (QED) is 0.142. The molecule has 1 aromatic carbocycles. The van der Waals surface area contributed by atoms with Gasteiger partial charge in [0.25, 0.3) is 0 Å². The fourth-order valence-corrected chi connectivity index (χ4v) is 5.53. The third-order valence-electron chi connectivity index (χ3n) is 5.80. The van der Waals surface area contributed by atoms with Crippen LogP contribution in [0.3, 0.4) is 0 Å². The lowest BCUT2D eigenvalue weighted by Gasteiger charge is -2.12. The molecule has 46 heavy (non-hydrogen) atoms. The van der Waals surface area contributed by atoms with Crippen molar-refractivity contribution < 1.29 is 54.6 Å². The topological polar surface area (TPSA) is 175 Å². The van der Waals surface area contributed by atoms with Crippen molar-refractivity contribution in [3.05, 3.63) is 59.0 Å². The molecule has 5 rings (SSSR count). The van der Waals surface area contributed by atoms with Crippen LogP contribution in [0, 0.1) is 0 Å². The molecule has 11 nitrogen and oxygen atoms in total. The minimum atomic E-state index is -5.08. The van der Waals surface area contributed by atoms with Crippen molar-refractivity contribution in [2.75, 3.05) is 5.32 Å². The Bertz CT molecular complexity index is 1790. The molecule has 3 aromatic heterocycles. The molecule has 0 unspecified atom stereocenters. The SMILES string of the molecule is CC(C)S(=O)(=O)c1cc(Cl)c(-c2nc3c([nH]2)-c2ccncc2Nc2ncccc2-3)c(Cl)c1.O=C(O)C(F)(F)F.O=C(O)C(F)(F)F. The summed E-state index contributed by atoms with van der Waals surface area (Å²) < 4.78 is 88.7. The molecule has 0 bridgehead atoms. The third kappa shape index (κ3) is 8.04. The molecule has 0 amide bonds. The summed E-state index contributed by atoms with van der Waals surface area (Å²) in [5.74, 6) is -4.44. The maximum Gasteiger partial charge on any atom is 0.490 e. The molecule has 0 saturated heterocycles. The van der Waals surface area contributed by atoms with E-state index in [2.05, 4.69) is 20.3 Å². The van der Waals surface area contributed by atoms with E-state index in [4.69, 9.17) is 48.0 Å². The molecule has 4 heterocycles. The fourth-order valence-electron chi connectivity index (χ4n) is 3.63. The molecular weight excluding hydrogens is 695 g/mol. The first kappa shape index (κ1) is 36.1. The van der Waals surface area contributed by atoms with Crippen LogP contribution < -0.4 is 5.32 Å². The smallest absolute Gasteiger partial charge is 0.475 e. The maximum atomic E-state index is 12.6. The number of sulfone groups is 1. The molecule has 4 aromatic rings. The Morgan fingerprint density at radius 2 is 1.46 bits per heavy atom. The number of nitrogens with one attached hydrogen (secondary N) is 2. The number of anilines is 2. The number of imidazole rings is 1. The number of alkyl halides is 6. The third-order valence-corrected chi connectivity index (χ3v) is 8.53. The van der Waals surface area contributed by atoms with Gasteiger partial charge in [0, 0.05) is 23.5 Å². The zero-order valence-electron chi connectivity index (χ0n) is 23.0. The standard InChI is InChI=1S/C22H17Cl2N5O2S.2C2HF3O2/c1-11(2)32(30,31)12-8-15(23)18(16(24)9-12)22-28-19-13-5-7-25-10-17(13)27-21-14(20(19)29-22)4-3-6-26-21;2*3-2(4,5)1(6)7/h3-11H,1-2H3,(H,26,27)(H,28,29);2*(H,6,7). The molecule has 0 atom stereocenters. The van der Waals surface area contributed by atoms with Crippen molar-refractivity contribution in [1.29, 1.82) is 0 Å². The number of halogens is 8. The Balaban J connectivity index is 0.000000345. The maximum absolute atomic E-state index is 12.6. The van der Waals surface area contributed by atoms with Crippen molar-refractivity contribution in [3.63, 3.8) is 0 Å². The van der Waals surface area contributed by atoms with Gasteiger partial charge in [0.2, 0.25) is 0 Å². The summed E-state index contributed by atoms with van der Waals surface area (Å²) in [6.45, 7) is 3.22. The first-order chi connectivity index (χ1) is 21.2. The summed E-state index contributed by atoms with van der Waals surface area (Å²) >= 11 is 13.1. The lowest BCUT2D eigenvalue weighted by molar-refractivity contribution is -0.193. The van der Waals surface area contributed by atoms with Gasteiger partial charge in [0.05, 0.1) is 43.3 Å². The van der Waals surface area contributed by atoms with E-state index in [1.54, 1.807) is 32.4 Å². The molecule has 4 N–H and O–H groups in total. The summed E-state index contributed by atoms with van der Waals surface area (Å²) in [6, 6.07) is 8.45. The van der Waals surface area contributed by atoms with Crippen LogP contribution in [0.15, 0.2) is 53.8 Å². The summed E-state index contributed by atoms with van der Waals surface area (Å²) in [4.78, 5) is 34.6. The first-order valence-corrected chi connectivity index (χ1v) is 14.6. The molecule has 20 heteroatoms. The second-order valence-corrected chi connectivity index (χ2v) is 12.5. The zero-order valence-corrected chi connectivity index (χ0v) is 25.3. The number of aliphatic carboxylic acids is 2. The first-order valence-electron chi connectivity index (χ1n) is 12.3. The van der Waals surface area contributed by atoms with Gasteiger partial charge in [-0.25, -0.2) is 28.0 Å². The lowest BCUT2D eigenvalue weighted by Crippen LogP contribution is -2.21. The van der Waals surface area contributed by atoms with Crippen molar-refractivity contribution in [2.45, 2.75) is 36.3 Å². The van der Waals surface area contributed by atoms with Crippen molar-refractivity contribution in [3.8, 4) is 33.9 Å². The highest BCUT2D eigenvalue weighted by molar-refractivity contribution is 7.92. The van der Waals surface area contributed by atoms with Gasteiger partial charge >= 0.3 is 24.3 Å². The second-order valence-electron chi connectivity index (χ2n) is 9.22. The molecule has 1 aliphatic heterocycles. The number of carboxylic acid groups (broad SMARTS) is 2. The average Bonchev–Trinajstić information content (AvgIpc) is 3.32. The van der Waals surface area contributed by atoms with Crippen LogP contribution in [0.4, 0.5) is 37.8 Å². The van der Waals surface area contributed by atoms with Gasteiger partial charge < -0.3 is 20.5 Å². The van der Waals surface area contributed by atoms with Gasteiger partial charge in [-0.05, 0) is 44.2 Å². The van der Waals surface area contributed by atoms with Gasteiger partial charge in [-0.1, -0.05) is 23.2 Å². The van der Waals surface area contributed by atoms with Crippen LogP contribution in [-0.2, 0) is 19.4 Å². The molecule has 0 aliphatic carbocycles. The molecule has 0 spiro atoms. The van der Waals surface area contributed by atoms with E-state index in [-0.39, 0.29) is 14.9 Å². The molecular formula is C26H19Cl2F6N5O6S. The van der Waals surface area contributed by atoms with Crippen LogP contribution in [0.2, 0.25) is 10.0 Å². The summed E-state index contributed by atoms with van der Waals surface area (Å²) in [7, 11) is -3.53. The van der Waals surface area contributed by atoms with E-state index >= 15 is 0 Å². The monoisotopic (exact) mass is 713 g/mol. The van der Waals surface area contributed by atoms with Crippen molar-refractivity contribution in [1.82, 2.24) is 19.9 Å². The Morgan fingerprint density at radius 3 is 1.96 bits per heavy atom. The average molecular weight is 714 g/mol. The van der Waals surface area contributed by atoms with Crippen molar-refractivity contribution >= 4 is 56.5 Å². The van der Waals surface area contributed by atoms with Crippen molar-refractivity contribution in [2.24, 2.45) is 0 Å². The molecule has 246 valence electrons. The summed E-state index contributed by atoms with van der Waals surface area (Å²) in [5, 5.41) is 17.3. The Hall–Kier alpha value is -4.42. The number of hydrogen-bond acceptors (Lipinski definition) is 8. The van der Waals surface area contributed by atoms with Gasteiger partial charge in [0.15, 0.2) is 9.84 Å². The Morgan fingerprint density at radius 1 is 0.913 bits per heavy atom. The number of pyridine rings is 2. The minimum absolute atomic E-state index is 0.0783. The fraction of sp³-hybridized carbons (Fsp3) is 0.192. The van der Waals surface area contributed by atoms with Gasteiger partial charge in [0.1, 0.15) is 17.3 Å². The molecule has 0 saturated carbocycles. The van der Waals surface area contributed by atoms with Crippen LogP contribution in [0.5, 0.6) is 0 Å². The van der Waals surface area contributed by atoms with Crippen LogP contribution in [-0.4, -0.2) is 68.1 Å². The Kier molecular flexibility index (Phi) is 10.6. The number of aromatic amines is 1. The number of H-pyrrole nitrogens is 1. The number of fused-ring (bicyclic) bond motifs is 5. The van der Waals surface area contributed by atoms with E-state index in [1.165, 1.54) is 12.1 Å². The Labute approximate surface area is 265 Å². The largest absolute Gasteiger partial charge is 0.490 e. The summed E-state index contributed by atoms with van der Waals surface area (Å²) in [5.41, 5.74) is 4.29. The number of nitrogens with zero attached hydrogens (tertiary/aromatic N) is 3. The van der Waals surface area contributed by atoms with Crippen LogP contribution in [0.25, 0.3) is 33.9 Å². The zero-order chi connectivity index (χ0) is 34.8. The highest BCUT2D eigenvalue weighted by Crippen LogP contribution is 2.45. The van der Waals surface area contributed by atoms with Gasteiger partial charge in [-0.2, -0.15) is 26.3 Å². The number of hydrogen-bond donors (Lipinski definition) is 4. The highest BCUT2D eigenvalue weighted by atomic mass is 35.5. The number of carbonyl (C=O) groups is 2. The normalized spacial score (nSPS) is 12.2. The minimum Gasteiger partial charge on any atom is -0.475 e. The number of rotatable bonds is 3. The number of carboxylic acids is 2. The van der Waals surface area contributed by atoms with E-state index in [0.29, 0.717) is 22.9 Å². The second kappa shape index (κ2) is 13.5. The summed E-state index contributed by atoms with van der Waals surface area (Å²) in [6.07, 6.45) is -5.06. The van der Waals surface area contributed by atoms with Crippen LogP contribution >= 0.6 is 23.2 Å². The predicted molar refractivity (Wildman–Crippen MR) is 153 cm³/mol. The molecule has 0 radical (unpaired) electrons. The van der Waals surface area contributed by atoms with Gasteiger partial charge in [-0.3, -0.25) is 4.98 Å². The highest BCUT2D eigenvalue weighted by Gasteiger charge is 2.39. The van der Waals surface area contributed by atoms with E-state index in [1.807, 2.05) is 18.2 Å². The predicted octanol–water partition coefficient (Wildman–Crippen LogP) is 7.01. The molecule has 1 aliphatic rings. The van der Waals surface area contributed by atoms with E-state index in [9.17, 15) is 34.8 Å². The number of benzene rings is 1. The van der Waals surface area contributed by atoms with Crippen LogP contribution in [0.1, 0.15) is 13.8 Å². The van der Waals surface area contributed by atoms with Gasteiger partial charge in [-0.15, -0.1) is 0 Å². The number of aromatic nitrogens is 4. The van der Waals surface area contributed by atoms with E-state index < -0.39 is 39.4 Å². The van der Waals surface area contributed by atoms with E-state index in [0.717, 1.165) is 22.5 Å².